The van der Waals surface area contributed by atoms with Crippen LogP contribution in [0.3, 0.4) is 0 Å². The summed E-state index contributed by atoms with van der Waals surface area (Å²) in [6.07, 6.45) is 1.55. The zero-order valence-electron chi connectivity index (χ0n) is 17.0. The van der Waals surface area contributed by atoms with Crippen LogP contribution in [0.5, 0.6) is 5.75 Å². The summed E-state index contributed by atoms with van der Waals surface area (Å²) in [7, 11) is 0. The number of nitro benzene ring substituents is 1. The lowest BCUT2D eigenvalue weighted by Gasteiger charge is -2.05. The van der Waals surface area contributed by atoms with Gasteiger partial charge in [-0.05, 0) is 59.7 Å². The van der Waals surface area contributed by atoms with Crippen molar-refractivity contribution in [2.45, 2.75) is 6.92 Å². The van der Waals surface area contributed by atoms with Crippen molar-refractivity contribution in [1.29, 1.82) is 0 Å². The molecular weight excluding hydrogens is 406 g/mol. The van der Waals surface area contributed by atoms with Gasteiger partial charge in [-0.2, -0.15) is 0 Å². The summed E-state index contributed by atoms with van der Waals surface area (Å²) in [5.74, 6) is 0.590. The number of benzene rings is 4. The van der Waals surface area contributed by atoms with Crippen molar-refractivity contribution in [3.63, 3.8) is 0 Å². The van der Waals surface area contributed by atoms with E-state index >= 15 is 0 Å². The number of aryl methyl sites for hydroxylation is 1. The van der Waals surface area contributed by atoms with Crippen molar-refractivity contribution in [1.82, 2.24) is 4.98 Å². The van der Waals surface area contributed by atoms with E-state index in [1.54, 1.807) is 24.4 Å². The van der Waals surface area contributed by atoms with Gasteiger partial charge in [0.05, 0.1) is 10.6 Å². The fourth-order valence-corrected chi connectivity index (χ4v) is 3.64. The Morgan fingerprint density at radius 3 is 2.72 bits per heavy atom. The van der Waals surface area contributed by atoms with Crippen LogP contribution in [0, 0.1) is 17.0 Å². The number of aromatic hydroxyl groups is 1. The quantitative estimate of drug-likeness (QED) is 0.207. The van der Waals surface area contributed by atoms with E-state index in [1.807, 2.05) is 43.3 Å². The van der Waals surface area contributed by atoms with E-state index in [0.29, 0.717) is 39.0 Å². The summed E-state index contributed by atoms with van der Waals surface area (Å²) >= 11 is 0. The van der Waals surface area contributed by atoms with E-state index in [2.05, 4.69) is 9.98 Å². The van der Waals surface area contributed by atoms with E-state index in [-0.39, 0.29) is 11.4 Å². The lowest BCUT2D eigenvalue weighted by atomic mass is 10.0. The maximum atomic E-state index is 11.0. The van der Waals surface area contributed by atoms with Crippen LogP contribution in [0.1, 0.15) is 11.1 Å². The molecule has 5 aromatic rings. The molecule has 4 aromatic carbocycles. The summed E-state index contributed by atoms with van der Waals surface area (Å²) < 4.78 is 5.90. The molecule has 0 saturated carbocycles. The van der Waals surface area contributed by atoms with E-state index < -0.39 is 4.92 Å². The number of non-ortho nitro benzene ring substituents is 1. The lowest BCUT2D eigenvalue weighted by Crippen LogP contribution is -1.90. The second-order valence-corrected chi connectivity index (χ2v) is 7.41. The normalized spacial score (nSPS) is 11.5. The smallest absolute Gasteiger partial charge is 0.270 e. The Labute approximate surface area is 182 Å². The largest absolute Gasteiger partial charge is 0.507 e. The van der Waals surface area contributed by atoms with Gasteiger partial charge >= 0.3 is 0 Å². The number of aromatic nitrogens is 1. The van der Waals surface area contributed by atoms with Crippen LogP contribution < -0.4 is 0 Å². The third-order valence-electron chi connectivity index (χ3n) is 5.32. The first-order valence-corrected chi connectivity index (χ1v) is 9.90. The van der Waals surface area contributed by atoms with Crippen LogP contribution in [0.2, 0.25) is 0 Å². The second-order valence-electron chi connectivity index (χ2n) is 7.41. The first-order valence-electron chi connectivity index (χ1n) is 9.90. The SMILES string of the molecule is Cc1ccccc1-c1nc2cc(N=Cc3c(O)ccc4cc([N+](=O)[O-])ccc34)ccc2o1. The average Bonchev–Trinajstić information content (AvgIpc) is 3.21. The minimum absolute atomic E-state index is 0.00739. The molecule has 0 spiro atoms. The minimum atomic E-state index is -0.446. The van der Waals surface area contributed by atoms with Crippen LogP contribution in [0.25, 0.3) is 33.3 Å². The van der Waals surface area contributed by atoms with E-state index in [4.69, 9.17) is 4.42 Å². The fraction of sp³-hybridized carbons (Fsp3) is 0.0400. The lowest BCUT2D eigenvalue weighted by molar-refractivity contribution is -0.384. The Bertz CT molecular complexity index is 1540. The van der Waals surface area contributed by atoms with Gasteiger partial charge in [0.2, 0.25) is 5.89 Å². The summed E-state index contributed by atoms with van der Waals surface area (Å²) in [5, 5.41) is 22.7. The van der Waals surface area contributed by atoms with Crippen molar-refractivity contribution in [2.24, 2.45) is 4.99 Å². The molecule has 0 radical (unpaired) electrons. The highest BCUT2D eigenvalue weighted by Gasteiger charge is 2.12. The summed E-state index contributed by atoms with van der Waals surface area (Å²) in [6, 6.07) is 20.9. The molecule has 5 rings (SSSR count). The maximum Gasteiger partial charge on any atom is 0.270 e. The molecule has 0 bridgehead atoms. The van der Waals surface area contributed by atoms with Crippen molar-refractivity contribution in [2.75, 3.05) is 0 Å². The molecule has 0 saturated heterocycles. The number of rotatable bonds is 4. The van der Waals surface area contributed by atoms with Crippen molar-refractivity contribution >= 4 is 39.5 Å². The number of fused-ring (bicyclic) bond motifs is 2. The fourth-order valence-electron chi connectivity index (χ4n) is 3.64. The third kappa shape index (κ3) is 3.45. The van der Waals surface area contributed by atoms with Gasteiger partial charge in [0.25, 0.3) is 5.69 Å². The van der Waals surface area contributed by atoms with Crippen LogP contribution in [-0.4, -0.2) is 21.2 Å². The van der Waals surface area contributed by atoms with Gasteiger partial charge in [0, 0.05) is 29.5 Å². The van der Waals surface area contributed by atoms with Crippen LogP contribution >= 0.6 is 0 Å². The summed E-state index contributed by atoms with van der Waals surface area (Å²) in [6.45, 7) is 2.01. The topological polar surface area (TPSA) is 102 Å². The van der Waals surface area contributed by atoms with Crippen molar-refractivity contribution in [3.8, 4) is 17.2 Å². The van der Waals surface area contributed by atoms with E-state index in [9.17, 15) is 15.2 Å². The second kappa shape index (κ2) is 7.63. The zero-order chi connectivity index (χ0) is 22.2. The highest BCUT2D eigenvalue weighted by Crippen LogP contribution is 2.31. The maximum absolute atomic E-state index is 11.0. The van der Waals surface area contributed by atoms with E-state index in [0.717, 1.165) is 11.1 Å². The highest BCUT2D eigenvalue weighted by atomic mass is 16.6. The highest BCUT2D eigenvalue weighted by molar-refractivity contribution is 6.03. The van der Waals surface area contributed by atoms with Crippen molar-refractivity contribution in [3.05, 3.63) is 94.0 Å². The van der Waals surface area contributed by atoms with Gasteiger partial charge in [-0.3, -0.25) is 15.1 Å². The number of hydrogen-bond acceptors (Lipinski definition) is 6. The predicted molar refractivity (Wildman–Crippen MR) is 124 cm³/mol. The molecule has 0 atom stereocenters. The third-order valence-corrected chi connectivity index (χ3v) is 5.32. The van der Waals surface area contributed by atoms with Gasteiger partial charge in [0.15, 0.2) is 5.58 Å². The molecule has 1 N–H and O–H groups in total. The number of hydrogen-bond donors (Lipinski definition) is 1. The Kier molecular flexibility index (Phi) is 4.63. The molecule has 7 nitrogen and oxygen atoms in total. The van der Waals surface area contributed by atoms with E-state index in [1.165, 1.54) is 18.2 Å². The molecule has 1 aromatic heterocycles. The first kappa shape index (κ1) is 19.4. The van der Waals surface area contributed by atoms with Gasteiger partial charge in [-0.25, -0.2) is 4.98 Å². The van der Waals surface area contributed by atoms with Gasteiger partial charge < -0.3 is 9.52 Å². The van der Waals surface area contributed by atoms with Gasteiger partial charge in [-0.15, -0.1) is 0 Å². The van der Waals surface area contributed by atoms with Crippen LogP contribution in [0.15, 0.2) is 82.2 Å². The monoisotopic (exact) mass is 423 g/mol. The molecule has 0 aliphatic rings. The Hall–Kier alpha value is -4.52. The number of phenols is 1. The Morgan fingerprint density at radius 1 is 1.06 bits per heavy atom. The molecule has 0 aliphatic heterocycles. The molecule has 1 heterocycles. The van der Waals surface area contributed by atoms with Crippen LogP contribution in [-0.2, 0) is 0 Å². The summed E-state index contributed by atoms with van der Waals surface area (Å²) in [4.78, 5) is 19.7. The minimum Gasteiger partial charge on any atom is -0.507 e. The van der Waals surface area contributed by atoms with Gasteiger partial charge in [0.1, 0.15) is 11.3 Å². The molecule has 32 heavy (non-hydrogen) atoms. The van der Waals surface area contributed by atoms with Gasteiger partial charge in [-0.1, -0.05) is 24.3 Å². The predicted octanol–water partition coefficient (Wildman–Crippen LogP) is 6.32. The average molecular weight is 423 g/mol. The molecule has 7 heteroatoms. The number of nitrogens with zero attached hydrogens (tertiary/aromatic N) is 3. The molecule has 0 unspecified atom stereocenters. The number of aliphatic imine (C=N–C) groups is 1. The molecular formula is C25H17N3O4. The molecule has 156 valence electrons. The molecule has 0 aliphatic carbocycles. The number of oxazole rings is 1. The first-order chi connectivity index (χ1) is 15.5. The standard InChI is InChI=1S/C25H17N3O4/c1-15-4-2-3-5-19(15)25-27-22-13-17(7-11-24(22)32-25)26-14-21-20-9-8-18(28(30)31)12-16(20)6-10-23(21)29/h2-14,29H,1H3. The molecule has 0 fully saturated rings. The zero-order valence-corrected chi connectivity index (χ0v) is 17.0. The number of phenolic OH excluding ortho intramolecular Hbond substituents is 1. The number of nitro groups is 1. The molecule has 0 amide bonds. The van der Waals surface area contributed by atoms with Crippen molar-refractivity contribution < 1.29 is 14.4 Å². The Balaban J connectivity index is 1.52. The summed E-state index contributed by atoms with van der Waals surface area (Å²) in [5.41, 5.74) is 4.45. The van der Waals surface area contributed by atoms with Crippen LogP contribution in [0.4, 0.5) is 11.4 Å². The Morgan fingerprint density at radius 2 is 1.91 bits per heavy atom.